The maximum atomic E-state index is 12.7. The zero-order valence-corrected chi connectivity index (χ0v) is 23.1. The maximum absolute atomic E-state index is 12.7. The highest BCUT2D eigenvalue weighted by Gasteiger charge is 2.44. The van der Waals surface area contributed by atoms with Gasteiger partial charge in [-0.3, -0.25) is 4.90 Å². The molecule has 0 atom stereocenters. The van der Waals surface area contributed by atoms with Crippen LogP contribution in [0.15, 0.2) is 36.4 Å². The summed E-state index contributed by atoms with van der Waals surface area (Å²) in [5.41, 5.74) is 0.329. The van der Waals surface area contributed by atoms with Crippen molar-refractivity contribution in [2.24, 2.45) is 0 Å². The Morgan fingerprint density at radius 3 is 2.12 bits per heavy atom. The van der Waals surface area contributed by atoms with E-state index in [2.05, 4.69) is 62.2 Å². The lowest BCUT2D eigenvalue weighted by Crippen LogP contribution is -2.60. The van der Waals surface area contributed by atoms with Gasteiger partial charge in [0.2, 0.25) is 0 Å². The number of nitrogens with zero attached hydrogens (tertiary/aromatic N) is 1. The monoisotopic (exact) mass is 663 g/mol. The quantitative estimate of drug-likeness (QED) is 0.260. The predicted octanol–water partition coefficient (Wildman–Crippen LogP) is 5.63. The Balaban J connectivity index is 1.67. The minimum Gasteiger partial charge on any atom is -0.506 e. The molecule has 1 aliphatic rings. The van der Waals surface area contributed by atoms with Crippen LogP contribution in [-0.4, -0.2) is 46.2 Å². The molecular formula is C24H27I2NO5. The van der Waals surface area contributed by atoms with E-state index in [4.69, 9.17) is 9.47 Å². The Labute approximate surface area is 215 Å². The summed E-state index contributed by atoms with van der Waals surface area (Å²) in [6.45, 7) is 8.63. The van der Waals surface area contributed by atoms with Crippen molar-refractivity contribution in [1.82, 2.24) is 4.90 Å². The van der Waals surface area contributed by atoms with Gasteiger partial charge in [0.1, 0.15) is 23.2 Å². The molecule has 1 heterocycles. The molecule has 1 N–H and O–H groups in total. The smallest absolute Gasteiger partial charge is 0.347 e. The number of likely N-dealkylation sites (tertiary alicyclic amines) is 1. The SMILES string of the molecule is CN1C(C)(C)CC(OC(=O)c2ccc(OC(=O)c3cc(I)cc(I)c3O)cc2)CC1(C)C. The zero-order valence-electron chi connectivity index (χ0n) is 18.7. The molecule has 1 aliphatic heterocycles. The van der Waals surface area contributed by atoms with E-state index in [1.54, 1.807) is 36.4 Å². The number of piperidine rings is 1. The van der Waals surface area contributed by atoms with Crippen LogP contribution < -0.4 is 4.74 Å². The lowest BCUT2D eigenvalue weighted by atomic mass is 9.79. The molecule has 3 rings (SSSR count). The third-order valence-corrected chi connectivity index (χ3v) is 7.54. The predicted molar refractivity (Wildman–Crippen MR) is 139 cm³/mol. The minimum atomic E-state index is -0.662. The van der Waals surface area contributed by atoms with Gasteiger partial charge in [-0.1, -0.05) is 0 Å². The molecule has 2 aromatic carbocycles. The van der Waals surface area contributed by atoms with Gasteiger partial charge in [-0.25, -0.2) is 9.59 Å². The molecule has 0 saturated carbocycles. The largest absolute Gasteiger partial charge is 0.506 e. The van der Waals surface area contributed by atoms with Crippen LogP contribution in [0, 0.1) is 7.14 Å². The molecule has 0 amide bonds. The van der Waals surface area contributed by atoms with Gasteiger partial charge in [-0.15, -0.1) is 0 Å². The summed E-state index contributed by atoms with van der Waals surface area (Å²) in [6, 6.07) is 9.58. The normalized spacial score (nSPS) is 18.2. The summed E-state index contributed by atoms with van der Waals surface area (Å²) >= 11 is 4.04. The molecule has 1 fully saturated rings. The van der Waals surface area contributed by atoms with Gasteiger partial charge < -0.3 is 14.6 Å². The van der Waals surface area contributed by atoms with Crippen molar-refractivity contribution >= 4 is 57.1 Å². The first kappa shape index (κ1) is 25.2. The first-order chi connectivity index (χ1) is 14.8. The highest BCUT2D eigenvalue weighted by Crippen LogP contribution is 2.38. The van der Waals surface area contributed by atoms with Crippen LogP contribution in [-0.2, 0) is 4.74 Å². The second-order valence-corrected chi connectivity index (χ2v) is 11.7. The van der Waals surface area contributed by atoms with Crippen molar-refractivity contribution in [2.45, 2.75) is 57.7 Å². The maximum Gasteiger partial charge on any atom is 0.347 e. The fourth-order valence-electron chi connectivity index (χ4n) is 4.13. The summed E-state index contributed by atoms with van der Waals surface area (Å²) in [5.74, 6) is -0.888. The fraction of sp³-hybridized carbons (Fsp3) is 0.417. The molecule has 1 saturated heterocycles. The highest BCUT2D eigenvalue weighted by molar-refractivity contribution is 14.1. The molecule has 6 nitrogen and oxygen atoms in total. The van der Waals surface area contributed by atoms with Crippen LogP contribution >= 0.6 is 45.2 Å². The Morgan fingerprint density at radius 2 is 1.56 bits per heavy atom. The van der Waals surface area contributed by atoms with Gasteiger partial charge in [0.25, 0.3) is 0 Å². The number of hydrogen-bond acceptors (Lipinski definition) is 6. The first-order valence-corrected chi connectivity index (χ1v) is 12.4. The standard InChI is InChI=1S/C24H27I2NO5/c1-23(2)12-17(13-24(3,4)27(23)5)32-21(29)14-6-8-16(9-7-14)31-22(30)18-10-15(25)11-19(26)20(18)28/h6-11,17,28H,12-13H2,1-5H3. The molecule has 8 heteroatoms. The molecule has 32 heavy (non-hydrogen) atoms. The van der Waals surface area contributed by atoms with Crippen LogP contribution in [0.4, 0.5) is 0 Å². The number of phenolic OH excluding ortho intramolecular Hbond substituents is 1. The van der Waals surface area contributed by atoms with Gasteiger partial charge in [0.05, 0.1) is 9.13 Å². The molecule has 2 aromatic rings. The fourth-order valence-corrected chi connectivity index (χ4v) is 5.97. The first-order valence-electron chi connectivity index (χ1n) is 10.3. The molecule has 0 aromatic heterocycles. The molecule has 0 unspecified atom stereocenters. The average Bonchev–Trinajstić information content (AvgIpc) is 2.68. The topological polar surface area (TPSA) is 76.1 Å². The minimum absolute atomic E-state index is 0.0800. The molecule has 0 spiro atoms. The van der Waals surface area contributed by atoms with E-state index in [9.17, 15) is 14.7 Å². The second-order valence-electron chi connectivity index (χ2n) is 9.32. The molecule has 0 aliphatic carbocycles. The van der Waals surface area contributed by atoms with Crippen molar-refractivity contribution in [3.63, 3.8) is 0 Å². The van der Waals surface area contributed by atoms with Crippen molar-refractivity contribution in [3.8, 4) is 11.5 Å². The van der Waals surface area contributed by atoms with Crippen LogP contribution in [0.5, 0.6) is 11.5 Å². The molecular weight excluding hydrogens is 636 g/mol. The van der Waals surface area contributed by atoms with Gasteiger partial charge in [-0.05, 0) is 116 Å². The van der Waals surface area contributed by atoms with Gasteiger partial charge >= 0.3 is 11.9 Å². The Morgan fingerprint density at radius 1 is 1.00 bits per heavy atom. The third-order valence-electron chi connectivity index (χ3n) is 6.09. The highest BCUT2D eigenvalue weighted by atomic mass is 127. The summed E-state index contributed by atoms with van der Waals surface area (Å²) < 4.78 is 12.6. The number of aromatic hydroxyl groups is 1. The Kier molecular flexibility index (Phi) is 7.45. The third kappa shape index (κ3) is 5.56. The summed E-state index contributed by atoms with van der Waals surface area (Å²) in [6.07, 6.45) is 1.34. The van der Waals surface area contributed by atoms with Gasteiger partial charge in [-0.2, -0.15) is 0 Å². The number of benzene rings is 2. The van der Waals surface area contributed by atoms with Crippen LogP contribution in [0.1, 0.15) is 61.3 Å². The van der Waals surface area contributed by atoms with E-state index >= 15 is 0 Å². The van der Waals surface area contributed by atoms with Crippen LogP contribution in [0.2, 0.25) is 0 Å². The molecule has 0 radical (unpaired) electrons. The number of carbonyl (C=O) groups excluding carboxylic acids is 2. The van der Waals surface area contributed by atoms with Crippen molar-refractivity contribution < 1.29 is 24.2 Å². The van der Waals surface area contributed by atoms with E-state index in [1.165, 1.54) is 0 Å². The number of rotatable bonds is 4. The van der Waals surface area contributed by atoms with Crippen molar-refractivity contribution in [1.29, 1.82) is 0 Å². The number of ether oxygens (including phenoxy) is 2. The van der Waals surface area contributed by atoms with Crippen molar-refractivity contribution in [2.75, 3.05) is 7.05 Å². The summed E-state index contributed by atoms with van der Waals surface area (Å²) in [4.78, 5) is 27.5. The average molecular weight is 663 g/mol. The number of phenols is 1. The van der Waals surface area contributed by atoms with Gasteiger partial charge in [0.15, 0.2) is 0 Å². The number of halogens is 2. The molecule has 172 valence electrons. The van der Waals surface area contributed by atoms with E-state index in [0.29, 0.717) is 9.13 Å². The number of carbonyl (C=O) groups is 2. The van der Waals surface area contributed by atoms with Crippen LogP contribution in [0.25, 0.3) is 0 Å². The lowest BCUT2D eigenvalue weighted by Gasteiger charge is -2.53. The van der Waals surface area contributed by atoms with E-state index < -0.39 is 11.9 Å². The zero-order chi connectivity index (χ0) is 23.8. The number of hydrogen-bond donors (Lipinski definition) is 1. The van der Waals surface area contributed by atoms with E-state index in [1.807, 2.05) is 22.6 Å². The summed E-state index contributed by atoms with van der Waals surface area (Å²) in [7, 11) is 2.11. The van der Waals surface area contributed by atoms with E-state index in [0.717, 1.165) is 16.4 Å². The second kappa shape index (κ2) is 9.46. The molecule has 0 bridgehead atoms. The van der Waals surface area contributed by atoms with Gasteiger partial charge in [0, 0.05) is 27.5 Å². The van der Waals surface area contributed by atoms with Crippen LogP contribution in [0.3, 0.4) is 0 Å². The lowest BCUT2D eigenvalue weighted by molar-refractivity contribution is -0.0732. The Hall–Kier alpha value is -1.40. The summed E-state index contributed by atoms with van der Waals surface area (Å²) in [5, 5.41) is 10.2. The van der Waals surface area contributed by atoms with Crippen molar-refractivity contribution in [3.05, 3.63) is 54.7 Å². The Bertz CT molecular complexity index is 1020. The number of esters is 2. The van der Waals surface area contributed by atoms with E-state index in [-0.39, 0.29) is 34.2 Å².